The van der Waals surface area contributed by atoms with E-state index in [2.05, 4.69) is 16.6 Å². The molecule has 0 amide bonds. The molecule has 5 nitrogen and oxygen atoms in total. The lowest BCUT2D eigenvalue weighted by Gasteiger charge is -2.12. The first-order valence-electron chi connectivity index (χ1n) is 8.92. The van der Waals surface area contributed by atoms with Crippen molar-refractivity contribution in [2.45, 2.75) is 19.5 Å². The van der Waals surface area contributed by atoms with Gasteiger partial charge in [-0.3, -0.25) is 14.4 Å². The van der Waals surface area contributed by atoms with Crippen molar-refractivity contribution in [3.05, 3.63) is 82.3 Å². The Morgan fingerprint density at radius 2 is 1.93 bits per heavy atom. The molecule has 30 heavy (non-hydrogen) atoms. The van der Waals surface area contributed by atoms with Crippen LogP contribution in [0.2, 0.25) is 0 Å². The normalized spacial score (nSPS) is 12.8. The van der Waals surface area contributed by atoms with Crippen molar-refractivity contribution in [3.8, 4) is 5.69 Å². The van der Waals surface area contributed by atoms with Crippen molar-refractivity contribution in [2.75, 3.05) is 20.4 Å². The lowest BCUT2D eigenvalue weighted by atomic mass is 10.2. The number of rotatable bonds is 6. The summed E-state index contributed by atoms with van der Waals surface area (Å²) in [5, 5.41) is 0.773. The highest BCUT2D eigenvalue weighted by Crippen LogP contribution is 2.29. The maximum Gasteiger partial charge on any atom is 0.416 e. The van der Waals surface area contributed by atoms with Gasteiger partial charge in [0.05, 0.1) is 22.0 Å². The standard InChI is InChI=1S/C21H23F3N4OS/c1-14(10-15(2)27(3)4)26-19(30-5)11-17-12-20(29)28(13-25-17)18-8-6-16(7-9-18)21(22,23)24/h6-10,12-13H,2,11H2,1,3-5H3/b14-10-,26-19?. The van der Waals surface area contributed by atoms with Crippen LogP contribution in [0.3, 0.4) is 0 Å². The molecule has 0 bridgehead atoms. The zero-order chi connectivity index (χ0) is 22.5. The summed E-state index contributed by atoms with van der Waals surface area (Å²) >= 11 is 1.45. The first-order valence-corrected chi connectivity index (χ1v) is 10.1. The summed E-state index contributed by atoms with van der Waals surface area (Å²) in [5.41, 5.74) is 1.27. The van der Waals surface area contributed by atoms with Gasteiger partial charge in [-0.25, -0.2) is 4.98 Å². The van der Waals surface area contributed by atoms with Crippen LogP contribution in [-0.2, 0) is 12.6 Å². The van der Waals surface area contributed by atoms with E-state index in [9.17, 15) is 18.0 Å². The smallest absolute Gasteiger partial charge is 0.378 e. The molecule has 160 valence electrons. The van der Waals surface area contributed by atoms with Gasteiger partial charge in [0.2, 0.25) is 0 Å². The molecule has 1 aromatic heterocycles. The van der Waals surface area contributed by atoms with Crippen molar-refractivity contribution in [2.24, 2.45) is 4.99 Å². The number of aliphatic imine (C=N–C) groups is 1. The fourth-order valence-electron chi connectivity index (χ4n) is 2.45. The number of nitrogens with zero attached hydrogens (tertiary/aromatic N) is 4. The highest BCUT2D eigenvalue weighted by Gasteiger charge is 2.30. The minimum absolute atomic E-state index is 0.312. The van der Waals surface area contributed by atoms with E-state index in [0.717, 1.165) is 28.6 Å². The number of hydrogen-bond acceptors (Lipinski definition) is 5. The Morgan fingerprint density at radius 1 is 1.30 bits per heavy atom. The summed E-state index contributed by atoms with van der Waals surface area (Å²) in [6.07, 6.45) is 0.992. The van der Waals surface area contributed by atoms with Crippen molar-refractivity contribution in [3.63, 3.8) is 0 Å². The third kappa shape index (κ3) is 6.35. The predicted octanol–water partition coefficient (Wildman–Crippen LogP) is 4.53. The Hall–Kier alpha value is -2.81. The molecule has 2 aromatic rings. The van der Waals surface area contributed by atoms with Gasteiger partial charge in [-0.15, -0.1) is 11.8 Å². The van der Waals surface area contributed by atoms with E-state index in [0.29, 0.717) is 17.8 Å². The molecule has 9 heteroatoms. The van der Waals surface area contributed by atoms with Crippen molar-refractivity contribution < 1.29 is 13.2 Å². The summed E-state index contributed by atoms with van der Waals surface area (Å²) in [5.74, 6) is 0. The minimum Gasteiger partial charge on any atom is -0.378 e. The Morgan fingerprint density at radius 3 is 2.43 bits per heavy atom. The summed E-state index contributed by atoms with van der Waals surface area (Å²) in [4.78, 5) is 23.2. The Balaban J connectivity index is 2.23. The molecule has 0 N–H and O–H groups in total. The number of hydrogen-bond donors (Lipinski definition) is 0. The number of alkyl halides is 3. The molecule has 0 fully saturated rings. The van der Waals surface area contributed by atoms with E-state index >= 15 is 0 Å². The van der Waals surface area contributed by atoms with Gasteiger partial charge in [0.25, 0.3) is 5.56 Å². The van der Waals surface area contributed by atoms with Crippen LogP contribution in [0.4, 0.5) is 13.2 Å². The number of benzene rings is 1. The molecule has 0 saturated heterocycles. The van der Waals surface area contributed by atoms with Gasteiger partial charge in [0.1, 0.15) is 6.33 Å². The predicted molar refractivity (Wildman–Crippen MR) is 116 cm³/mol. The molecule has 0 unspecified atom stereocenters. The quantitative estimate of drug-likeness (QED) is 0.379. The summed E-state index contributed by atoms with van der Waals surface area (Å²) in [6.45, 7) is 5.80. The minimum atomic E-state index is -4.43. The largest absolute Gasteiger partial charge is 0.416 e. The fourth-order valence-corrected chi connectivity index (χ4v) is 2.98. The Bertz CT molecular complexity index is 1020. The van der Waals surface area contributed by atoms with Crippen LogP contribution in [0, 0.1) is 0 Å². The molecule has 0 atom stereocenters. The number of aromatic nitrogens is 2. The lowest BCUT2D eigenvalue weighted by molar-refractivity contribution is -0.137. The monoisotopic (exact) mass is 436 g/mol. The van der Waals surface area contributed by atoms with E-state index in [1.54, 1.807) is 0 Å². The third-order valence-corrected chi connectivity index (χ3v) is 4.87. The SMILES string of the molecule is C=C(/C=C(/C)N=C(Cc1cc(=O)n(-c2ccc(C(F)(F)F)cc2)cn1)SC)N(C)C. The summed E-state index contributed by atoms with van der Waals surface area (Å²) in [7, 11) is 3.78. The first-order chi connectivity index (χ1) is 14.0. The average Bonchev–Trinajstić information content (AvgIpc) is 2.66. The molecule has 0 aliphatic carbocycles. The molecule has 2 rings (SSSR count). The van der Waals surface area contributed by atoms with Crippen molar-refractivity contribution >= 4 is 16.8 Å². The molecule has 0 aliphatic heterocycles. The molecular weight excluding hydrogens is 413 g/mol. The fraction of sp³-hybridized carbons (Fsp3) is 0.286. The summed E-state index contributed by atoms with van der Waals surface area (Å²) < 4.78 is 39.3. The van der Waals surface area contributed by atoms with Gasteiger partial charge >= 0.3 is 6.18 Å². The molecule has 1 aromatic carbocycles. The maximum absolute atomic E-state index is 12.7. The van der Waals surface area contributed by atoms with Crippen molar-refractivity contribution in [1.29, 1.82) is 0 Å². The molecule has 0 aliphatic rings. The van der Waals surface area contributed by atoms with Crippen LogP contribution < -0.4 is 5.56 Å². The first kappa shape index (κ1) is 23.5. The van der Waals surface area contributed by atoms with E-state index in [-0.39, 0.29) is 5.56 Å². The van der Waals surface area contributed by atoms with Gasteiger partial charge in [0.15, 0.2) is 0 Å². The Kier molecular flexibility index (Phi) is 7.66. The van der Waals surface area contributed by atoms with E-state index in [4.69, 9.17) is 0 Å². The van der Waals surface area contributed by atoms with Crippen LogP contribution in [0.5, 0.6) is 0 Å². The molecule has 0 radical (unpaired) electrons. The van der Waals surface area contributed by atoms with Crippen LogP contribution >= 0.6 is 11.8 Å². The van der Waals surface area contributed by atoms with Crippen LogP contribution in [0.25, 0.3) is 5.69 Å². The van der Waals surface area contributed by atoms with Crippen LogP contribution in [0.1, 0.15) is 18.2 Å². The molecule has 0 spiro atoms. The lowest BCUT2D eigenvalue weighted by Crippen LogP contribution is -2.20. The van der Waals surface area contributed by atoms with Crippen LogP contribution in [0.15, 0.2) is 70.5 Å². The number of halogens is 3. The zero-order valence-corrected chi connectivity index (χ0v) is 18.0. The molecule has 0 saturated carbocycles. The van der Waals surface area contributed by atoms with E-state index < -0.39 is 11.7 Å². The van der Waals surface area contributed by atoms with Gasteiger partial charge in [-0.1, -0.05) is 6.58 Å². The van der Waals surface area contributed by atoms with Gasteiger partial charge in [0, 0.05) is 38.0 Å². The third-order valence-electron chi connectivity index (χ3n) is 4.16. The van der Waals surface area contributed by atoms with Crippen LogP contribution in [-0.4, -0.2) is 39.8 Å². The van der Waals surface area contributed by atoms with Gasteiger partial charge in [-0.05, 0) is 43.5 Å². The maximum atomic E-state index is 12.7. The highest BCUT2D eigenvalue weighted by molar-refractivity contribution is 8.13. The van der Waals surface area contributed by atoms with E-state index in [1.807, 2.05) is 38.3 Å². The number of allylic oxidation sites excluding steroid dienone is 2. The second-order valence-corrected chi connectivity index (χ2v) is 7.57. The van der Waals surface area contributed by atoms with E-state index in [1.165, 1.54) is 40.9 Å². The highest BCUT2D eigenvalue weighted by atomic mass is 32.2. The molecule has 1 heterocycles. The van der Waals surface area contributed by atoms with Gasteiger partial charge < -0.3 is 4.90 Å². The topological polar surface area (TPSA) is 50.5 Å². The second-order valence-electron chi connectivity index (χ2n) is 6.69. The number of thioether (sulfide) groups is 1. The average molecular weight is 437 g/mol. The second kappa shape index (κ2) is 9.80. The van der Waals surface area contributed by atoms with Crippen molar-refractivity contribution in [1.82, 2.24) is 14.5 Å². The zero-order valence-electron chi connectivity index (χ0n) is 17.2. The summed E-state index contributed by atoms with van der Waals surface area (Å²) in [6, 6.07) is 5.72. The number of likely N-dealkylation sites (N-methyl/N-ethyl adjacent to an activating group) is 1. The van der Waals surface area contributed by atoms with Gasteiger partial charge in [-0.2, -0.15) is 13.2 Å². The Labute approximate surface area is 177 Å². The molecular formula is C21H23F3N4OS.